The van der Waals surface area contributed by atoms with Gasteiger partial charge in [0.2, 0.25) is 0 Å². The van der Waals surface area contributed by atoms with Crippen molar-refractivity contribution in [1.29, 1.82) is 0 Å². The molecule has 3 aromatic rings. The van der Waals surface area contributed by atoms with E-state index in [9.17, 15) is 4.39 Å². The second-order valence-electron chi connectivity index (χ2n) is 5.80. The molecule has 0 bridgehead atoms. The highest BCUT2D eigenvalue weighted by molar-refractivity contribution is 6.30. The Labute approximate surface area is 145 Å². The van der Waals surface area contributed by atoms with Gasteiger partial charge < -0.3 is 10.2 Å². The lowest BCUT2D eigenvalue weighted by Gasteiger charge is -2.25. The van der Waals surface area contributed by atoms with Crippen molar-refractivity contribution in [3.05, 3.63) is 65.2 Å². The van der Waals surface area contributed by atoms with Crippen LogP contribution in [0, 0.1) is 5.82 Å². The third-order valence-corrected chi connectivity index (χ3v) is 4.19. The van der Waals surface area contributed by atoms with E-state index < -0.39 is 0 Å². The largest absolute Gasteiger partial charge is 0.368 e. The van der Waals surface area contributed by atoms with E-state index in [2.05, 4.69) is 20.2 Å². The molecule has 2 aromatic carbocycles. The van der Waals surface area contributed by atoms with Crippen LogP contribution in [0.4, 0.5) is 10.2 Å². The molecule has 1 atom stereocenters. The molecule has 0 saturated carbocycles. The average molecular weight is 345 g/mol. The number of nitrogens with zero attached hydrogens (tertiary/aromatic N) is 3. The molecule has 124 valence electrons. The van der Waals surface area contributed by atoms with Gasteiger partial charge in [-0.3, -0.25) is 0 Å². The van der Waals surface area contributed by atoms with E-state index in [1.165, 1.54) is 18.5 Å². The van der Waals surface area contributed by atoms with Crippen molar-refractivity contribution in [3.63, 3.8) is 0 Å². The molecule has 0 aliphatic rings. The second-order valence-corrected chi connectivity index (χ2v) is 6.23. The molecule has 0 spiro atoms. The number of rotatable bonds is 5. The fourth-order valence-electron chi connectivity index (χ4n) is 2.65. The second kappa shape index (κ2) is 7.11. The van der Waals surface area contributed by atoms with Gasteiger partial charge in [0.15, 0.2) is 0 Å². The van der Waals surface area contributed by atoms with Crippen molar-refractivity contribution in [2.75, 3.05) is 26.0 Å². The first-order valence-electron chi connectivity index (χ1n) is 7.60. The van der Waals surface area contributed by atoms with Crippen LogP contribution >= 0.6 is 11.6 Å². The number of anilines is 1. The van der Waals surface area contributed by atoms with Crippen LogP contribution in [0.2, 0.25) is 5.02 Å². The molecule has 0 radical (unpaired) electrons. The molecule has 0 aliphatic carbocycles. The molecule has 1 heterocycles. The molecule has 0 amide bonds. The highest BCUT2D eigenvalue weighted by Gasteiger charge is 2.15. The molecule has 0 fully saturated rings. The van der Waals surface area contributed by atoms with Crippen LogP contribution in [-0.2, 0) is 0 Å². The third kappa shape index (κ3) is 3.63. The van der Waals surface area contributed by atoms with Gasteiger partial charge in [0.05, 0.1) is 11.6 Å². The molecule has 3 rings (SSSR count). The number of likely N-dealkylation sites (N-methyl/N-ethyl adjacent to an activating group) is 1. The summed E-state index contributed by atoms with van der Waals surface area (Å²) in [5.41, 5.74) is 1.85. The van der Waals surface area contributed by atoms with Crippen LogP contribution < -0.4 is 5.32 Å². The maximum Gasteiger partial charge on any atom is 0.137 e. The van der Waals surface area contributed by atoms with Crippen molar-refractivity contribution >= 4 is 28.3 Å². The Morgan fingerprint density at radius 1 is 1.12 bits per heavy atom. The zero-order valence-corrected chi connectivity index (χ0v) is 14.3. The third-order valence-electron chi connectivity index (χ3n) is 3.94. The van der Waals surface area contributed by atoms with Gasteiger partial charge >= 0.3 is 0 Å². The number of fused-ring (bicyclic) bond motifs is 1. The summed E-state index contributed by atoms with van der Waals surface area (Å²) in [5.74, 6) is 0.322. The minimum absolute atomic E-state index is 0.126. The van der Waals surface area contributed by atoms with Gasteiger partial charge in [-0.05, 0) is 50.0 Å². The van der Waals surface area contributed by atoms with Gasteiger partial charge in [-0.1, -0.05) is 23.7 Å². The van der Waals surface area contributed by atoms with Crippen molar-refractivity contribution in [1.82, 2.24) is 14.9 Å². The highest BCUT2D eigenvalue weighted by Crippen LogP contribution is 2.24. The summed E-state index contributed by atoms with van der Waals surface area (Å²) in [5, 5.41) is 4.70. The number of hydrogen-bond acceptors (Lipinski definition) is 4. The monoisotopic (exact) mass is 344 g/mol. The quantitative estimate of drug-likeness (QED) is 0.755. The Morgan fingerprint density at radius 3 is 2.58 bits per heavy atom. The summed E-state index contributed by atoms with van der Waals surface area (Å²) in [6.45, 7) is 0.622. The van der Waals surface area contributed by atoms with E-state index in [4.69, 9.17) is 11.6 Å². The minimum Gasteiger partial charge on any atom is -0.368 e. The minimum atomic E-state index is -0.304. The highest BCUT2D eigenvalue weighted by atomic mass is 35.5. The predicted octanol–water partition coefficient (Wildman–Crippen LogP) is 4.14. The van der Waals surface area contributed by atoms with Gasteiger partial charge in [-0.2, -0.15) is 0 Å². The van der Waals surface area contributed by atoms with Crippen LogP contribution in [0.1, 0.15) is 11.6 Å². The first-order valence-corrected chi connectivity index (χ1v) is 7.98. The molecular formula is C18H18ClFN4. The predicted molar refractivity (Wildman–Crippen MR) is 95.9 cm³/mol. The molecule has 1 N–H and O–H groups in total. The molecule has 24 heavy (non-hydrogen) atoms. The first kappa shape index (κ1) is 16.6. The van der Waals surface area contributed by atoms with Gasteiger partial charge in [-0.25, -0.2) is 14.4 Å². The number of benzene rings is 2. The Bertz CT molecular complexity index is 836. The van der Waals surface area contributed by atoms with Crippen molar-refractivity contribution < 1.29 is 4.39 Å². The maximum atomic E-state index is 13.5. The summed E-state index contributed by atoms with van der Waals surface area (Å²) in [6.07, 6.45) is 1.48. The Balaban J connectivity index is 1.85. The molecule has 0 saturated heterocycles. The Morgan fingerprint density at radius 2 is 1.88 bits per heavy atom. The lowest BCUT2D eigenvalue weighted by Crippen LogP contribution is -2.27. The van der Waals surface area contributed by atoms with Crippen LogP contribution in [0.15, 0.2) is 48.8 Å². The zero-order chi connectivity index (χ0) is 17.1. The average Bonchev–Trinajstić information content (AvgIpc) is 2.56. The van der Waals surface area contributed by atoms with Gasteiger partial charge in [0.25, 0.3) is 0 Å². The molecular weight excluding hydrogens is 327 g/mol. The van der Waals surface area contributed by atoms with Crippen LogP contribution in [0.5, 0.6) is 0 Å². The van der Waals surface area contributed by atoms with Gasteiger partial charge in [0, 0.05) is 17.0 Å². The molecule has 1 unspecified atom stereocenters. The Kier molecular flexibility index (Phi) is 4.92. The molecule has 4 nitrogen and oxygen atoms in total. The fourth-order valence-corrected chi connectivity index (χ4v) is 2.77. The molecule has 0 aliphatic heterocycles. The van der Waals surface area contributed by atoms with Gasteiger partial charge in [-0.15, -0.1) is 0 Å². The van der Waals surface area contributed by atoms with Crippen molar-refractivity contribution in [3.8, 4) is 0 Å². The lowest BCUT2D eigenvalue weighted by atomic mass is 10.1. The van der Waals surface area contributed by atoms with Crippen molar-refractivity contribution in [2.24, 2.45) is 0 Å². The molecule has 6 heteroatoms. The van der Waals surface area contributed by atoms with E-state index in [-0.39, 0.29) is 11.9 Å². The fraction of sp³-hybridized carbons (Fsp3) is 0.222. The summed E-state index contributed by atoms with van der Waals surface area (Å²) in [7, 11) is 4.03. The van der Waals surface area contributed by atoms with E-state index in [1.54, 1.807) is 6.07 Å². The zero-order valence-electron chi connectivity index (χ0n) is 13.5. The van der Waals surface area contributed by atoms with E-state index in [0.29, 0.717) is 28.3 Å². The topological polar surface area (TPSA) is 41.0 Å². The van der Waals surface area contributed by atoms with Crippen LogP contribution in [0.25, 0.3) is 10.9 Å². The lowest BCUT2D eigenvalue weighted by molar-refractivity contribution is 0.311. The van der Waals surface area contributed by atoms with Crippen LogP contribution in [-0.4, -0.2) is 35.5 Å². The van der Waals surface area contributed by atoms with E-state index in [1.807, 2.05) is 38.4 Å². The summed E-state index contributed by atoms with van der Waals surface area (Å²) in [4.78, 5) is 10.5. The normalized spacial score (nSPS) is 12.5. The van der Waals surface area contributed by atoms with Crippen molar-refractivity contribution in [2.45, 2.75) is 6.04 Å². The standard InChI is InChI=1S/C18H18ClFN4/c1-24(2)17(12-3-5-13(19)6-4-12)10-21-18-15-9-14(20)7-8-16(15)22-11-23-18/h3-9,11,17H,10H2,1-2H3,(H,21,22,23). The van der Waals surface area contributed by atoms with E-state index >= 15 is 0 Å². The number of aromatic nitrogens is 2. The summed E-state index contributed by atoms with van der Waals surface area (Å²) in [6, 6.07) is 12.4. The maximum absolute atomic E-state index is 13.5. The smallest absolute Gasteiger partial charge is 0.137 e. The van der Waals surface area contributed by atoms with Crippen LogP contribution in [0.3, 0.4) is 0 Å². The summed E-state index contributed by atoms with van der Waals surface area (Å²) >= 11 is 5.97. The first-order chi connectivity index (χ1) is 11.5. The molecule has 1 aromatic heterocycles. The van der Waals surface area contributed by atoms with Gasteiger partial charge in [0.1, 0.15) is 18.0 Å². The number of halogens is 2. The van der Waals surface area contributed by atoms with E-state index in [0.717, 1.165) is 5.56 Å². The SMILES string of the molecule is CN(C)C(CNc1ncnc2ccc(F)cc12)c1ccc(Cl)cc1. The number of nitrogens with one attached hydrogen (secondary N) is 1. The summed E-state index contributed by atoms with van der Waals surface area (Å²) < 4.78 is 13.5. The number of hydrogen-bond donors (Lipinski definition) is 1. The Hall–Kier alpha value is -2.24.